The van der Waals surface area contributed by atoms with E-state index in [2.05, 4.69) is 18.0 Å². The van der Waals surface area contributed by atoms with E-state index in [1.165, 1.54) is 0 Å². The summed E-state index contributed by atoms with van der Waals surface area (Å²) in [5.41, 5.74) is 2.27. The number of para-hydroxylation sites is 1. The molecule has 0 aromatic heterocycles. The quantitative estimate of drug-likeness (QED) is 0.782. The predicted octanol–water partition coefficient (Wildman–Crippen LogP) is 3.12. The number of carbonyl (C=O) groups excluding carboxylic acids is 1. The maximum Gasteiger partial charge on any atom is 0.140 e. The monoisotopic (exact) mass is 215 g/mol. The smallest absolute Gasteiger partial charge is 0.140 e. The van der Waals surface area contributed by atoms with Crippen molar-refractivity contribution in [3.63, 3.8) is 0 Å². The van der Waals surface area contributed by atoms with Crippen LogP contribution in [-0.2, 0) is 4.79 Å². The Morgan fingerprint density at radius 3 is 3.12 bits per heavy atom. The van der Waals surface area contributed by atoms with Gasteiger partial charge in [0, 0.05) is 24.6 Å². The van der Waals surface area contributed by atoms with Crippen LogP contribution < -0.4 is 5.32 Å². The average molecular weight is 215 g/mol. The maximum absolute atomic E-state index is 12.0. The lowest BCUT2D eigenvalue weighted by Crippen LogP contribution is -2.22. The summed E-state index contributed by atoms with van der Waals surface area (Å²) in [6.07, 6.45) is 4.12. The minimum absolute atomic E-state index is 0.0809. The highest BCUT2D eigenvalue weighted by atomic mass is 16.1. The molecule has 2 heteroatoms. The SMILES string of the molecule is C=CCCC(=O)C1CCNc2ccccc21. The van der Waals surface area contributed by atoms with Crippen LogP contribution in [0.4, 0.5) is 5.69 Å². The Labute approximate surface area is 96.4 Å². The molecule has 0 saturated carbocycles. The van der Waals surface area contributed by atoms with Crippen LogP contribution in [0.1, 0.15) is 30.7 Å². The minimum Gasteiger partial charge on any atom is -0.385 e. The molecule has 0 fully saturated rings. The van der Waals surface area contributed by atoms with E-state index in [1.54, 1.807) is 0 Å². The van der Waals surface area contributed by atoms with Gasteiger partial charge in [-0.25, -0.2) is 0 Å². The van der Waals surface area contributed by atoms with Gasteiger partial charge >= 0.3 is 0 Å². The molecule has 1 unspecified atom stereocenters. The lowest BCUT2D eigenvalue weighted by molar-refractivity contribution is -0.120. The second-order valence-electron chi connectivity index (χ2n) is 4.15. The first-order chi connectivity index (χ1) is 7.83. The zero-order chi connectivity index (χ0) is 11.4. The molecule has 1 N–H and O–H groups in total. The topological polar surface area (TPSA) is 29.1 Å². The van der Waals surface area contributed by atoms with E-state index in [4.69, 9.17) is 0 Å². The Bertz CT molecular complexity index is 397. The second-order valence-corrected chi connectivity index (χ2v) is 4.15. The highest BCUT2D eigenvalue weighted by molar-refractivity contribution is 5.88. The van der Waals surface area contributed by atoms with Gasteiger partial charge in [0.25, 0.3) is 0 Å². The van der Waals surface area contributed by atoms with Crippen LogP contribution in [0, 0.1) is 0 Å². The molecule has 1 aliphatic heterocycles. The van der Waals surface area contributed by atoms with Crippen molar-refractivity contribution < 1.29 is 4.79 Å². The molecule has 1 aliphatic rings. The van der Waals surface area contributed by atoms with E-state index in [0.717, 1.165) is 30.6 Å². The molecular weight excluding hydrogens is 198 g/mol. The van der Waals surface area contributed by atoms with Gasteiger partial charge in [0.1, 0.15) is 5.78 Å². The van der Waals surface area contributed by atoms with Crippen LogP contribution in [0.2, 0.25) is 0 Å². The summed E-state index contributed by atoms with van der Waals surface area (Å²) in [5, 5.41) is 3.33. The van der Waals surface area contributed by atoms with Crippen molar-refractivity contribution in [1.29, 1.82) is 0 Å². The lowest BCUT2D eigenvalue weighted by Gasteiger charge is -2.25. The van der Waals surface area contributed by atoms with Crippen molar-refractivity contribution in [2.45, 2.75) is 25.2 Å². The first-order valence-electron chi connectivity index (χ1n) is 5.79. The van der Waals surface area contributed by atoms with E-state index >= 15 is 0 Å². The van der Waals surface area contributed by atoms with Crippen molar-refractivity contribution in [1.82, 2.24) is 0 Å². The molecule has 0 saturated heterocycles. The van der Waals surface area contributed by atoms with Crippen LogP contribution in [0.3, 0.4) is 0 Å². The van der Waals surface area contributed by atoms with Gasteiger partial charge in [-0.2, -0.15) is 0 Å². The minimum atomic E-state index is 0.0809. The number of benzene rings is 1. The first kappa shape index (κ1) is 10.9. The third kappa shape index (κ3) is 2.16. The van der Waals surface area contributed by atoms with E-state index in [9.17, 15) is 4.79 Å². The van der Waals surface area contributed by atoms with Crippen LogP contribution in [-0.4, -0.2) is 12.3 Å². The van der Waals surface area contributed by atoms with Gasteiger partial charge in [0.05, 0.1) is 0 Å². The number of rotatable bonds is 4. The van der Waals surface area contributed by atoms with Gasteiger partial charge in [0.2, 0.25) is 0 Å². The molecule has 16 heavy (non-hydrogen) atoms. The second kappa shape index (κ2) is 4.97. The van der Waals surface area contributed by atoms with Gasteiger partial charge in [-0.1, -0.05) is 24.3 Å². The molecule has 1 aromatic carbocycles. The highest BCUT2D eigenvalue weighted by Gasteiger charge is 2.24. The van der Waals surface area contributed by atoms with E-state index in [1.807, 2.05) is 24.3 Å². The van der Waals surface area contributed by atoms with Gasteiger partial charge in [-0.05, 0) is 24.5 Å². The fourth-order valence-corrected chi connectivity index (χ4v) is 2.22. The summed E-state index contributed by atoms with van der Waals surface area (Å²) in [5.74, 6) is 0.422. The van der Waals surface area contributed by atoms with Crippen molar-refractivity contribution >= 4 is 11.5 Å². The zero-order valence-corrected chi connectivity index (χ0v) is 9.41. The third-order valence-corrected chi connectivity index (χ3v) is 3.07. The van der Waals surface area contributed by atoms with Gasteiger partial charge in [0.15, 0.2) is 0 Å². The summed E-state index contributed by atoms with van der Waals surface area (Å²) in [6.45, 7) is 4.55. The highest BCUT2D eigenvalue weighted by Crippen LogP contribution is 2.32. The standard InChI is InChI=1S/C14H17NO/c1-2-3-8-14(16)12-9-10-15-13-7-5-4-6-11(12)13/h2,4-7,12,15H,1,3,8-10H2. The van der Waals surface area contributed by atoms with Crippen molar-refractivity contribution in [2.24, 2.45) is 0 Å². The van der Waals surface area contributed by atoms with Crippen LogP contribution in [0.15, 0.2) is 36.9 Å². The molecule has 0 amide bonds. The summed E-state index contributed by atoms with van der Waals surface area (Å²) >= 11 is 0. The fourth-order valence-electron chi connectivity index (χ4n) is 2.22. The summed E-state index contributed by atoms with van der Waals surface area (Å²) in [7, 11) is 0. The van der Waals surface area contributed by atoms with Crippen molar-refractivity contribution in [3.05, 3.63) is 42.5 Å². The molecule has 1 atom stereocenters. The van der Waals surface area contributed by atoms with E-state index in [-0.39, 0.29) is 5.92 Å². The number of hydrogen-bond donors (Lipinski definition) is 1. The zero-order valence-electron chi connectivity index (χ0n) is 9.41. The molecule has 1 heterocycles. The van der Waals surface area contributed by atoms with Gasteiger partial charge in [-0.15, -0.1) is 6.58 Å². The van der Waals surface area contributed by atoms with E-state index < -0.39 is 0 Å². The Hall–Kier alpha value is -1.57. The molecule has 0 aliphatic carbocycles. The average Bonchev–Trinajstić information content (AvgIpc) is 2.35. The number of fused-ring (bicyclic) bond motifs is 1. The predicted molar refractivity (Wildman–Crippen MR) is 66.7 cm³/mol. The first-order valence-corrected chi connectivity index (χ1v) is 5.79. The molecule has 0 radical (unpaired) electrons. The van der Waals surface area contributed by atoms with Crippen LogP contribution >= 0.6 is 0 Å². The lowest BCUT2D eigenvalue weighted by atomic mass is 9.86. The van der Waals surface area contributed by atoms with Crippen LogP contribution in [0.5, 0.6) is 0 Å². The molecule has 1 aromatic rings. The number of nitrogens with one attached hydrogen (secondary N) is 1. The summed E-state index contributed by atoms with van der Waals surface area (Å²) < 4.78 is 0. The van der Waals surface area contributed by atoms with Gasteiger partial charge < -0.3 is 5.32 Å². The third-order valence-electron chi connectivity index (χ3n) is 3.07. The molecule has 0 bridgehead atoms. The number of carbonyl (C=O) groups is 1. The number of ketones is 1. The Kier molecular flexibility index (Phi) is 3.40. The molecule has 2 rings (SSSR count). The number of anilines is 1. The van der Waals surface area contributed by atoms with Crippen LogP contribution in [0.25, 0.3) is 0 Å². The summed E-state index contributed by atoms with van der Waals surface area (Å²) in [6, 6.07) is 8.10. The number of hydrogen-bond acceptors (Lipinski definition) is 2. The molecule has 84 valence electrons. The van der Waals surface area contributed by atoms with Crippen molar-refractivity contribution in [3.8, 4) is 0 Å². The Morgan fingerprint density at radius 2 is 2.31 bits per heavy atom. The normalized spacial score (nSPS) is 18.4. The Balaban J connectivity index is 2.18. The molecular formula is C14H17NO. The Morgan fingerprint density at radius 1 is 1.50 bits per heavy atom. The van der Waals surface area contributed by atoms with E-state index in [0.29, 0.717) is 12.2 Å². The largest absolute Gasteiger partial charge is 0.385 e. The fraction of sp³-hybridized carbons (Fsp3) is 0.357. The molecule has 0 spiro atoms. The number of Topliss-reactive ketones (excluding diaryl/α,β-unsaturated/α-hetero) is 1. The summed E-state index contributed by atoms with van der Waals surface area (Å²) in [4.78, 5) is 12.0. The molecule has 2 nitrogen and oxygen atoms in total. The van der Waals surface area contributed by atoms with Gasteiger partial charge in [-0.3, -0.25) is 4.79 Å². The van der Waals surface area contributed by atoms with Crippen molar-refractivity contribution in [2.75, 3.05) is 11.9 Å². The maximum atomic E-state index is 12.0. The number of allylic oxidation sites excluding steroid dienone is 1.